The first kappa shape index (κ1) is 20.9. The van der Waals surface area contributed by atoms with Gasteiger partial charge >= 0.3 is 0 Å². The zero-order valence-corrected chi connectivity index (χ0v) is 18.3. The predicted octanol–water partition coefficient (Wildman–Crippen LogP) is 2.66. The van der Waals surface area contributed by atoms with E-state index in [2.05, 4.69) is 15.1 Å². The molecule has 2 fully saturated rings. The molecule has 162 valence electrons. The minimum absolute atomic E-state index is 0.176. The van der Waals surface area contributed by atoms with Crippen LogP contribution in [0.4, 0.5) is 5.82 Å². The van der Waals surface area contributed by atoms with Gasteiger partial charge in [-0.15, -0.1) is 5.10 Å². The highest BCUT2D eigenvalue weighted by molar-refractivity contribution is 7.89. The molecule has 1 saturated carbocycles. The number of anilines is 1. The van der Waals surface area contributed by atoms with Crippen LogP contribution < -0.4 is 14.4 Å². The fraction of sp³-hybridized carbons (Fsp3) is 0.524. The average Bonchev–Trinajstić information content (AvgIpc) is 3.60. The van der Waals surface area contributed by atoms with E-state index in [0.29, 0.717) is 56.8 Å². The molecule has 0 amide bonds. The first-order chi connectivity index (χ1) is 14.5. The molecular formula is C21H28N4O4S. The Labute approximate surface area is 177 Å². The molecule has 9 heteroatoms. The third kappa shape index (κ3) is 4.37. The number of aromatic nitrogens is 2. The van der Waals surface area contributed by atoms with Gasteiger partial charge < -0.3 is 14.4 Å². The monoisotopic (exact) mass is 432 g/mol. The number of hydrogen-bond donors (Lipinski definition) is 0. The van der Waals surface area contributed by atoms with Crippen LogP contribution in [0.5, 0.6) is 11.5 Å². The number of ether oxygens (including phenoxy) is 2. The Bertz CT molecular complexity index is 969. The van der Waals surface area contributed by atoms with Gasteiger partial charge in [0.2, 0.25) is 10.0 Å². The van der Waals surface area contributed by atoms with Gasteiger partial charge in [-0.05, 0) is 51.0 Å². The van der Waals surface area contributed by atoms with Crippen LogP contribution in [0.25, 0.3) is 0 Å². The van der Waals surface area contributed by atoms with Crippen molar-refractivity contribution in [2.45, 2.75) is 37.5 Å². The summed E-state index contributed by atoms with van der Waals surface area (Å²) in [5.74, 6) is 2.29. The smallest absolute Gasteiger partial charge is 0.246 e. The maximum absolute atomic E-state index is 13.3. The molecule has 8 nitrogen and oxygen atoms in total. The standard InChI is InChI=1S/C21H28N4O4S/c1-3-28-17-7-9-20(19(15-17)29-4-2)30(26,27)25-13-11-24(12-14-25)21-10-8-18(22-23-21)16-5-6-16/h7-10,15-16H,3-6,11-14H2,1-2H3. The van der Waals surface area contributed by atoms with Crippen molar-refractivity contribution in [1.29, 1.82) is 0 Å². The maximum atomic E-state index is 13.3. The highest BCUT2D eigenvalue weighted by Gasteiger charge is 2.32. The summed E-state index contributed by atoms with van der Waals surface area (Å²) in [7, 11) is -3.67. The number of sulfonamides is 1. The van der Waals surface area contributed by atoms with E-state index >= 15 is 0 Å². The molecule has 0 spiro atoms. The Morgan fingerprint density at radius 3 is 2.30 bits per heavy atom. The molecule has 2 heterocycles. The van der Waals surface area contributed by atoms with E-state index in [0.717, 1.165) is 11.5 Å². The van der Waals surface area contributed by atoms with Gasteiger partial charge in [-0.1, -0.05) is 0 Å². The molecule has 0 atom stereocenters. The van der Waals surface area contributed by atoms with Crippen LogP contribution in [0.1, 0.15) is 38.3 Å². The van der Waals surface area contributed by atoms with E-state index < -0.39 is 10.0 Å². The zero-order chi connectivity index (χ0) is 21.1. The van der Waals surface area contributed by atoms with Crippen molar-refractivity contribution in [3.63, 3.8) is 0 Å². The first-order valence-electron chi connectivity index (χ1n) is 10.5. The largest absolute Gasteiger partial charge is 0.494 e. The quantitative estimate of drug-likeness (QED) is 0.634. The first-order valence-corrected chi connectivity index (χ1v) is 11.9. The van der Waals surface area contributed by atoms with E-state index in [-0.39, 0.29) is 4.90 Å². The van der Waals surface area contributed by atoms with Gasteiger partial charge in [-0.3, -0.25) is 0 Å². The molecule has 1 aromatic carbocycles. The van der Waals surface area contributed by atoms with Crippen LogP contribution in [-0.4, -0.2) is 62.3 Å². The van der Waals surface area contributed by atoms with Gasteiger partial charge in [0.15, 0.2) is 5.82 Å². The predicted molar refractivity (Wildman–Crippen MR) is 114 cm³/mol. The molecule has 2 aliphatic rings. The van der Waals surface area contributed by atoms with E-state index in [1.54, 1.807) is 18.2 Å². The Hall–Kier alpha value is -2.39. The summed E-state index contributed by atoms with van der Waals surface area (Å²) in [4.78, 5) is 2.26. The summed E-state index contributed by atoms with van der Waals surface area (Å²) in [6, 6.07) is 8.92. The van der Waals surface area contributed by atoms with Crippen LogP contribution in [-0.2, 0) is 10.0 Å². The van der Waals surface area contributed by atoms with Gasteiger partial charge in [0.1, 0.15) is 16.4 Å². The molecule has 0 N–H and O–H groups in total. The van der Waals surface area contributed by atoms with Crippen molar-refractivity contribution in [2.75, 3.05) is 44.3 Å². The lowest BCUT2D eigenvalue weighted by Crippen LogP contribution is -2.49. The summed E-state index contributed by atoms with van der Waals surface area (Å²) in [5.41, 5.74) is 1.05. The zero-order valence-electron chi connectivity index (χ0n) is 17.5. The van der Waals surface area contributed by atoms with Gasteiger partial charge in [0.05, 0.1) is 18.9 Å². The molecule has 30 heavy (non-hydrogen) atoms. The Morgan fingerprint density at radius 1 is 0.967 bits per heavy atom. The Morgan fingerprint density at radius 2 is 1.70 bits per heavy atom. The summed E-state index contributed by atoms with van der Waals surface area (Å²) < 4.78 is 39.2. The SMILES string of the molecule is CCOc1ccc(S(=O)(=O)N2CCN(c3ccc(C4CC4)nn3)CC2)c(OCC)c1. The summed E-state index contributed by atoms with van der Waals surface area (Å²) >= 11 is 0. The lowest BCUT2D eigenvalue weighted by Gasteiger charge is -2.34. The van der Waals surface area contributed by atoms with Crippen molar-refractivity contribution in [2.24, 2.45) is 0 Å². The highest BCUT2D eigenvalue weighted by atomic mass is 32.2. The van der Waals surface area contributed by atoms with Crippen molar-refractivity contribution in [1.82, 2.24) is 14.5 Å². The fourth-order valence-corrected chi connectivity index (χ4v) is 5.16. The third-order valence-corrected chi connectivity index (χ3v) is 7.31. The summed E-state index contributed by atoms with van der Waals surface area (Å²) in [5, 5.41) is 8.68. The number of rotatable bonds is 8. The van der Waals surface area contributed by atoms with Gasteiger partial charge in [0, 0.05) is 38.2 Å². The molecule has 1 aliphatic heterocycles. The lowest BCUT2D eigenvalue weighted by molar-refractivity contribution is 0.314. The van der Waals surface area contributed by atoms with Crippen LogP contribution in [0, 0.1) is 0 Å². The molecule has 2 aromatic rings. The summed E-state index contributed by atoms with van der Waals surface area (Å²) in [6.45, 7) is 6.49. The van der Waals surface area contributed by atoms with E-state index in [9.17, 15) is 8.42 Å². The molecule has 1 aromatic heterocycles. The normalized spacial score (nSPS) is 17.7. The second-order valence-corrected chi connectivity index (χ2v) is 9.36. The number of hydrogen-bond acceptors (Lipinski definition) is 7. The molecule has 4 rings (SSSR count). The maximum Gasteiger partial charge on any atom is 0.246 e. The van der Waals surface area contributed by atoms with E-state index in [4.69, 9.17) is 9.47 Å². The highest BCUT2D eigenvalue weighted by Crippen LogP contribution is 2.38. The van der Waals surface area contributed by atoms with E-state index in [1.807, 2.05) is 26.0 Å². The van der Waals surface area contributed by atoms with Crippen molar-refractivity contribution < 1.29 is 17.9 Å². The van der Waals surface area contributed by atoms with Crippen molar-refractivity contribution in [3.8, 4) is 11.5 Å². The molecular weight excluding hydrogens is 404 g/mol. The second-order valence-electron chi connectivity index (χ2n) is 7.46. The minimum atomic E-state index is -3.67. The minimum Gasteiger partial charge on any atom is -0.494 e. The van der Waals surface area contributed by atoms with Crippen LogP contribution in [0.3, 0.4) is 0 Å². The summed E-state index contributed by atoms with van der Waals surface area (Å²) in [6.07, 6.45) is 2.39. The number of piperazine rings is 1. The van der Waals surface area contributed by atoms with Crippen LogP contribution in [0.2, 0.25) is 0 Å². The van der Waals surface area contributed by atoms with Crippen LogP contribution >= 0.6 is 0 Å². The molecule has 0 bridgehead atoms. The third-order valence-electron chi connectivity index (χ3n) is 5.37. The van der Waals surface area contributed by atoms with Crippen molar-refractivity contribution >= 4 is 15.8 Å². The Balaban J connectivity index is 1.46. The topological polar surface area (TPSA) is 84.9 Å². The van der Waals surface area contributed by atoms with Crippen LogP contribution in [0.15, 0.2) is 35.2 Å². The molecule has 1 saturated heterocycles. The molecule has 1 aliphatic carbocycles. The van der Waals surface area contributed by atoms with Gasteiger partial charge in [-0.25, -0.2) is 8.42 Å². The van der Waals surface area contributed by atoms with Crippen molar-refractivity contribution in [3.05, 3.63) is 36.0 Å². The number of nitrogens with zero attached hydrogens (tertiary/aromatic N) is 4. The lowest BCUT2D eigenvalue weighted by atomic mass is 10.2. The van der Waals surface area contributed by atoms with Gasteiger partial charge in [0.25, 0.3) is 0 Å². The number of benzene rings is 1. The molecule has 0 radical (unpaired) electrons. The Kier molecular flexibility index (Phi) is 6.10. The van der Waals surface area contributed by atoms with Gasteiger partial charge in [-0.2, -0.15) is 9.40 Å². The second kappa shape index (κ2) is 8.77. The molecule has 0 unspecified atom stereocenters. The fourth-order valence-electron chi connectivity index (χ4n) is 3.62. The average molecular weight is 433 g/mol. The van der Waals surface area contributed by atoms with E-state index in [1.165, 1.54) is 17.1 Å².